The molecule has 3 aromatic carbocycles. The number of nitrogens with one attached hydrogen (secondary N) is 1. The largest absolute Gasteiger partial charge is 0.481 e. The van der Waals surface area contributed by atoms with E-state index >= 15 is 4.48 Å². The number of hydrogen-bond donors (Lipinski definition) is 2. The average molecular weight is 695 g/mol. The molecule has 13 heteroatoms. The van der Waals surface area contributed by atoms with Crippen LogP contribution in [0.2, 0.25) is 0 Å². The lowest BCUT2D eigenvalue weighted by molar-refractivity contribution is -0.136. The van der Waals surface area contributed by atoms with Crippen LogP contribution in [0.3, 0.4) is 0 Å². The van der Waals surface area contributed by atoms with Crippen LogP contribution >= 0.6 is 30.2 Å². The zero-order valence-electron chi connectivity index (χ0n) is 22.1. The second kappa shape index (κ2) is 13.1. The number of ether oxygens (including phenoxy) is 1. The number of anilines is 1. The first-order valence-electron chi connectivity index (χ1n) is 12.7. The maximum atomic E-state index is 15.5. The van der Waals surface area contributed by atoms with Gasteiger partial charge in [0.2, 0.25) is 0 Å². The van der Waals surface area contributed by atoms with Gasteiger partial charge < -0.3 is 19.5 Å². The van der Waals surface area contributed by atoms with E-state index in [0.717, 1.165) is 8.47 Å². The van der Waals surface area contributed by atoms with Crippen LogP contribution in [0.15, 0.2) is 78.9 Å². The molecular formula is C28H28FIN3O7P. The molecule has 10 nitrogen and oxygen atoms in total. The number of imide groups is 1. The van der Waals surface area contributed by atoms with Crippen LogP contribution in [-0.2, 0) is 18.7 Å². The molecule has 4 atom stereocenters. The number of hydrogen-bond acceptors (Lipinski definition) is 6. The van der Waals surface area contributed by atoms with Gasteiger partial charge in [-0.05, 0) is 77.0 Å². The number of amides is 4. The van der Waals surface area contributed by atoms with Crippen LogP contribution in [0.5, 0.6) is 5.75 Å². The summed E-state index contributed by atoms with van der Waals surface area (Å²) in [6.07, 6.45) is -0.561. The third-order valence-corrected chi connectivity index (χ3v) is 8.32. The van der Waals surface area contributed by atoms with Gasteiger partial charge >= 0.3 is 13.6 Å². The van der Waals surface area contributed by atoms with Gasteiger partial charge in [0.25, 0.3) is 11.8 Å². The van der Waals surface area contributed by atoms with E-state index in [1.807, 2.05) is 0 Å². The predicted octanol–water partition coefficient (Wildman–Crippen LogP) is 5.53. The molecule has 0 bridgehead atoms. The molecule has 216 valence electrons. The Hall–Kier alpha value is -3.32. The first-order chi connectivity index (χ1) is 19.5. The summed E-state index contributed by atoms with van der Waals surface area (Å²) in [7, 11) is -3.91. The van der Waals surface area contributed by atoms with Gasteiger partial charge in [0.15, 0.2) is 6.35 Å². The molecule has 1 heterocycles. The highest BCUT2D eigenvalue weighted by molar-refractivity contribution is 14.1. The zero-order chi connectivity index (χ0) is 29.7. The molecule has 3 aromatic rings. The smallest absolute Gasteiger partial charge is 0.365 e. The molecule has 1 fully saturated rings. The van der Waals surface area contributed by atoms with Crippen LogP contribution in [0, 0.1) is 3.57 Å². The lowest BCUT2D eigenvalue weighted by Crippen LogP contribution is -2.52. The summed E-state index contributed by atoms with van der Waals surface area (Å²) in [6.45, 7) is 3.29. The average Bonchev–Trinajstić information content (AvgIpc) is 3.26. The molecule has 1 aliphatic heterocycles. The van der Waals surface area contributed by atoms with Crippen LogP contribution in [0.25, 0.3) is 0 Å². The normalized spacial score (nSPS) is 17.9. The molecule has 2 N–H and O–H groups in total. The van der Waals surface area contributed by atoms with Crippen molar-refractivity contribution >= 4 is 53.7 Å². The fraction of sp³-hybridized carbons (Fsp3) is 0.250. The summed E-state index contributed by atoms with van der Waals surface area (Å²) in [4.78, 5) is 50.9. The van der Waals surface area contributed by atoms with Crippen LogP contribution in [-0.4, -0.2) is 46.6 Å². The summed E-state index contributed by atoms with van der Waals surface area (Å²) < 4.78 is 38.3. The van der Waals surface area contributed by atoms with Crippen molar-refractivity contribution < 1.29 is 37.6 Å². The minimum Gasteiger partial charge on any atom is -0.481 e. The van der Waals surface area contributed by atoms with Gasteiger partial charge in [-0.25, -0.2) is 9.69 Å². The van der Waals surface area contributed by atoms with Gasteiger partial charge in [0.1, 0.15) is 17.8 Å². The summed E-state index contributed by atoms with van der Waals surface area (Å²) >= 11 is 2.06. The Morgan fingerprint density at radius 2 is 1.73 bits per heavy atom. The first-order valence-corrected chi connectivity index (χ1v) is 15.5. The van der Waals surface area contributed by atoms with Gasteiger partial charge in [-0.3, -0.25) is 14.2 Å². The Balaban J connectivity index is 1.60. The summed E-state index contributed by atoms with van der Waals surface area (Å²) in [5.41, 5.74) is 0.987. The molecule has 1 aliphatic rings. The third kappa shape index (κ3) is 7.13. The van der Waals surface area contributed by atoms with Crippen molar-refractivity contribution in [1.29, 1.82) is 0 Å². The molecule has 2 unspecified atom stereocenters. The Kier molecular flexibility index (Phi) is 9.80. The van der Waals surface area contributed by atoms with E-state index in [1.165, 1.54) is 36.4 Å². The lowest BCUT2D eigenvalue weighted by atomic mass is 9.91. The van der Waals surface area contributed by atoms with Crippen molar-refractivity contribution in [3.63, 3.8) is 0 Å². The zero-order valence-corrected chi connectivity index (χ0v) is 25.2. The molecule has 4 rings (SSSR count). The molecule has 0 spiro atoms. The third-order valence-electron chi connectivity index (χ3n) is 6.49. The van der Waals surface area contributed by atoms with Crippen molar-refractivity contribution in [2.45, 2.75) is 31.8 Å². The quantitative estimate of drug-likeness (QED) is 0.117. The number of carbonyl (C=O) groups is 3. The Bertz CT molecular complexity index is 1440. The fourth-order valence-corrected chi connectivity index (χ4v) is 5.59. The van der Waals surface area contributed by atoms with Gasteiger partial charge in [-0.2, -0.15) is 0 Å². The Morgan fingerprint density at radius 1 is 1.10 bits per heavy atom. The number of carbonyl (C=O) groups excluding carboxylic acids is 3. The van der Waals surface area contributed by atoms with E-state index in [0.29, 0.717) is 11.1 Å². The standard InChI is InChI=1S/C28H28FIN3O7P/c1-3-40-41(37,38)17-39-23-15-9-20(10-16-23)24-26(34)32(28(36)31-24)25(18(2)19-7-5-4-6-8-19)27(35)33(29)22-13-11-21(30)12-14-22/h4-16,18,24-25H,3,17H2,1-2H3,(H,31,36)(H,37,38)/t18-,24?,25-/m0/s1. The van der Waals surface area contributed by atoms with Crippen molar-refractivity contribution in [3.05, 3.63) is 93.6 Å². The van der Waals surface area contributed by atoms with E-state index in [-0.39, 0.29) is 23.2 Å². The maximum absolute atomic E-state index is 15.5. The van der Waals surface area contributed by atoms with Gasteiger partial charge in [0, 0.05) is 9.49 Å². The molecule has 0 saturated carbocycles. The SMILES string of the molecule is CCOP(=O)(O)COc1ccc(C2NC(=O)N([C@H](C(=O)N(F)c3ccc(I)cc3)[C@@H](C)c3ccccc3)C2=O)cc1. The van der Waals surface area contributed by atoms with Gasteiger partial charge in [-0.15, -0.1) is 5.12 Å². The van der Waals surface area contributed by atoms with Gasteiger partial charge in [-0.1, -0.05) is 53.9 Å². The van der Waals surface area contributed by atoms with Crippen molar-refractivity contribution in [1.82, 2.24) is 10.2 Å². The lowest BCUT2D eigenvalue weighted by Gasteiger charge is -2.31. The molecule has 1 saturated heterocycles. The monoisotopic (exact) mass is 695 g/mol. The Morgan fingerprint density at radius 3 is 2.34 bits per heavy atom. The van der Waals surface area contributed by atoms with E-state index in [9.17, 15) is 23.8 Å². The first kappa shape index (κ1) is 30.6. The number of rotatable bonds is 11. The predicted molar refractivity (Wildman–Crippen MR) is 158 cm³/mol. The van der Waals surface area contributed by atoms with Gasteiger partial charge in [0.05, 0.1) is 12.3 Å². The van der Waals surface area contributed by atoms with Crippen LogP contribution in [0.1, 0.15) is 36.9 Å². The molecule has 41 heavy (non-hydrogen) atoms. The summed E-state index contributed by atoms with van der Waals surface area (Å²) in [5, 5.41) is 2.55. The highest BCUT2D eigenvalue weighted by Gasteiger charge is 2.49. The summed E-state index contributed by atoms with van der Waals surface area (Å²) in [6, 6.07) is 17.4. The second-order valence-corrected chi connectivity index (χ2v) is 12.3. The number of benzene rings is 3. The molecule has 4 amide bonds. The second-order valence-electron chi connectivity index (χ2n) is 9.23. The van der Waals surface area contributed by atoms with Crippen molar-refractivity contribution in [2.75, 3.05) is 18.1 Å². The van der Waals surface area contributed by atoms with E-state index < -0.39 is 49.8 Å². The van der Waals surface area contributed by atoms with E-state index in [4.69, 9.17) is 9.26 Å². The van der Waals surface area contributed by atoms with E-state index in [1.54, 1.807) is 56.3 Å². The topological polar surface area (TPSA) is 125 Å². The number of halogens is 2. The number of urea groups is 1. The van der Waals surface area contributed by atoms with Crippen molar-refractivity contribution in [2.24, 2.45) is 0 Å². The molecule has 0 aliphatic carbocycles. The molecular weight excluding hydrogens is 667 g/mol. The highest BCUT2D eigenvalue weighted by atomic mass is 127. The summed E-state index contributed by atoms with van der Waals surface area (Å²) in [5.74, 6) is -2.29. The minimum absolute atomic E-state index is 0.0309. The molecule has 0 aromatic heterocycles. The van der Waals surface area contributed by atoms with Crippen LogP contribution < -0.4 is 15.2 Å². The fourth-order valence-electron chi connectivity index (χ4n) is 4.44. The van der Waals surface area contributed by atoms with Crippen LogP contribution in [0.4, 0.5) is 15.0 Å². The number of nitrogens with zero attached hydrogens (tertiary/aromatic N) is 2. The van der Waals surface area contributed by atoms with Crippen molar-refractivity contribution in [3.8, 4) is 5.75 Å². The highest BCUT2D eigenvalue weighted by Crippen LogP contribution is 2.41. The minimum atomic E-state index is -3.91. The maximum Gasteiger partial charge on any atom is 0.365 e. The molecule has 0 radical (unpaired) electrons. The Labute approximate surface area is 250 Å². The van der Waals surface area contributed by atoms with E-state index in [2.05, 4.69) is 27.9 Å².